The molecule has 17 rings (SSSR count). The van der Waals surface area contributed by atoms with Gasteiger partial charge in [-0.25, -0.2) is 0 Å². The lowest BCUT2D eigenvalue weighted by Gasteiger charge is -2.18. The van der Waals surface area contributed by atoms with Crippen LogP contribution in [0.5, 0.6) is 0 Å². The number of furan rings is 3. The first-order valence-corrected chi connectivity index (χ1v) is 25.7. The second-order valence-electron chi connectivity index (χ2n) is 20.2. The van der Waals surface area contributed by atoms with Crippen LogP contribution >= 0.6 is 0 Å². The van der Waals surface area contributed by atoms with Crippen molar-refractivity contribution in [3.05, 3.63) is 243 Å². The lowest BCUT2D eigenvalue weighted by Crippen LogP contribution is -1.91. The van der Waals surface area contributed by atoms with E-state index >= 15 is 0 Å². The molecule has 0 aliphatic rings. The molecule has 0 saturated heterocycles. The van der Waals surface area contributed by atoms with Gasteiger partial charge in [0.25, 0.3) is 0 Å². The molecular formula is C72H40O3. The Hall–Kier alpha value is -9.96. The molecule has 346 valence electrons. The average molecular weight is 953 g/mol. The van der Waals surface area contributed by atoms with E-state index in [0.717, 1.165) is 88.1 Å². The predicted octanol–water partition coefficient (Wildman–Crippen LogP) is 21.0. The monoisotopic (exact) mass is 952 g/mol. The Morgan fingerprint density at radius 1 is 0.187 bits per heavy atom. The third-order valence-corrected chi connectivity index (χ3v) is 16.2. The van der Waals surface area contributed by atoms with Gasteiger partial charge in [-0.1, -0.05) is 176 Å². The molecule has 0 atom stereocenters. The first kappa shape index (κ1) is 40.6. The van der Waals surface area contributed by atoms with Gasteiger partial charge in [0.15, 0.2) is 0 Å². The summed E-state index contributed by atoms with van der Waals surface area (Å²) in [5.41, 5.74) is 14.7. The Labute approximate surface area is 428 Å². The van der Waals surface area contributed by atoms with Crippen molar-refractivity contribution < 1.29 is 13.3 Å². The topological polar surface area (TPSA) is 39.4 Å². The molecule has 0 radical (unpaired) electrons. The molecule has 3 heterocycles. The third kappa shape index (κ3) is 5.86. The van der Waals surface area contributed by atoms with Gasteiger partial charge < -0.3 is 13.3 Å². The number of hydrogen-bond donors (Lipinski definition) is 0. The van der Waals surface area contributed by atoms with Crippen LogP contribution in [-0.2, 0) is 0 Å². The molecular weight excluding hydrogens is 913 g/mol. The molecule has 17 aromatic rings. The Morgan fingerprint density at radius 2 is 0.533 bits per heavy atom. The van der Waals surface area contributed by atoms with Gasteiger partial charge >= 0.3 is 0 Å². The van der Waals surface area contributed by atoms with Crippen LogP contribution in [-0.4, -0.2) is 0 Å². The highest BCUT2D eigenvalue weighted by atomic mass is 16.3. The Kier molecular flexibility index (Phi) is 8.28. The van der Waals surface area contributed by atoms with Crippen LogP contribution < -0.4 is 0 Å². The molecule has 3 heteroatoms. The molecule has 75 heavy (non-hydrogen) atoms. The van der Waals surface area contributed by atoms with Crippen LogP contribution in [0.15, 0.2) is 256 Å². The molecule has 0 aliphatic carbocycles. The van der Waals surface area contributed by atoms with Gasteiger partial charge in [0.1, 0.15) is 33.5 Å². The van der Waals surface area contributed by atoms with Crippen molar-refractivity contribution in [2.24, 2.45) is 0 Å². The van der Waals surface area contributed by atoms with Gasteiger partial charge in [-0.05, 0) is 176 Å². The highest BCUT2D eigenvalue weighted by molar-refractivity contribution is 6.27. The molecule has 14 aromatic carbocycles. The van der Waals surface area contributed by atoms with Gasteiger partial charge in [-0.2, -0.15) is 0 Å². The predicted molar refractivity (Wildman–Crippen MR) is 315 cm³/mol. The van der Waals surface area contributed by atoms with E-state index in [1.807, 2.05) is 0 Å². The molecule has 0 N–H and O–H groups in total. The van der Waals surface area contributed by atoms with E-state index in [-0.39, 0.29) is 0 Å². The molecule has 0 aliphatic heterocycles. The van der Waals surface area contributed by atoms with Crippen LogP contribution in [0.1, 0.15) is 0 Å². The summed E-state index contributed by atoms with van der Waals surface area (Å²) in [7, 11) is 0. The highest BCUT2D eigenvalue weighted by Gasteiger charge is 2.23. The molecule has 3 aromatic heterocycles. The van der Waals surface area contributed by atoms with Crippen LogP contribution in [0.2, 0.25) is 0 Å². The maximum Gasteiger partial charge on any atom is 0.136 e. The number of hydrogen-bond acceptors (Lipinski definition) is 3. The zero-order valence-electron chi connectivity index (χ0n) is 40.3. The van der Waals surface area contributed by atoms with Crippen molar-refractivity contribution >= 4 is 130 Å². The zero-order valence-corrected chi connectivity index (χ0v) is 40.3. The quantitative estimate of drug-likeness (QED) is 0.165. The molecule has 0 saturated carbocycles. The highest BCUT2D eigenvalue weighted by Crippen LogP contribution is 2.50. The summed E-state index contributed by atoms with van der Waals surface area (Å²) in [6, 6.07) is 88.2. The van der Waals surface area contributed by atoms with Crippen molar-refractivity contribution in [3.63, 3.8) is 0 Å². The second-order valence-corrected chi connectivity index (χ2v) is 20.2. The fourth-order valence-electron chi connectivity index (χ4n) is 12.9. The Morgan fingerprint density at radius 3 is 0.987 bits per heavy atom. The summed E-state index contributed by atoms with van der Waals surface area (Å²) < 4.78 is 19.9. The minimum Gasteiger partial charge on any atom is -0.456 e. The van der Waals surface area contributed by atoms with E-state index in [1.54, 1.807) is 0 Å². The lowest BCUT2D eigenvalue weighted by molar-refractivity contribution is 0.669. The number of fused-ring (bicyclic) bond motifs is 15. The average Bonchev–Trinajstić information content (AvgIpc) is 4.14. The maximum absolute atomic E-state index is 6.98. The standard InChI is InChI=1S/C72H40O3/c1-3-16-43-38-66-60(34-41(43)14-1)58-36-45(29-32-62(58)73-66)68-48-18-5-7-20-50(48)70(51-21-8-6-19-49(51)68)47-28-31-56-65(40-47)75-64-27-13-26-57(72(56)64)71-54-24-11-9-22-52(54)69(53-23-10-12-25-55(53)71)46-30-33-63-59(37-46)61-35-42-15-2-4-17-44(42)39-67(61)74-63/h1-40H. The summed E-state index contributed by atoms with van der Waals surface area (Å²) in [6.45, 7) is 0. The zero-order chi connectivity index (χ0) is 48.9. The fourth-order valence-corrected chi connectivity index (χ4v) is 12.9. The number of rotatable bonds is 4. The SMILES string of the molecule is c1ccc2cc3c(cc2c1)oc1ccc(-c2c4ccccc4c(-c4ccc5c(c4)oc4cccc(-c6c7ccccc7c(-c7ccc8oc9cc%10ccccc%10cc9c8c7)c7ccccc67)c45)c4ccccc24)cc13. The summed E-state index contributed by atoms with van der Waals surface area (Å²) in [5.74, 6) is 0. The molecule has 0 bridgehead atoms. The van der Waals surface area contributed by atoms with Gasteiger partial charge in [0.2, 0.25) is 0 Å². The van der Waals surface area contributed by atoms with Gasteiger partial charge in [0.05, 0.1) is 0 Å². The van der Waals surface area contributed by atoms with Gasteiger partial charge in [-0.3, -0.25) is 0 Å². The van der Waals surface area contributed by atoms with Crippen LogP contribution in [0.3, 0.4) is 0 Å². The smallest absolute Gasteiger partial charge is 0.136 e. The van der Waals surface area contributed by atoms with Crippen molar-refractivity contribution in [1.82, 2.24) is 0 Å². The van der Waals surface area contributed by atoms with E-state index in [2.05, 4.69) is 243 Å². The summed E-state index contributed by atoms with van der Waals surface area (Å²) in [4.78, 5) is 0. The second kappa shape index (κ2) is 15.3. The van der Waals surface area contributed by atoms with Crippen molar-refractivity contribution in [3.8, 4) is 44.5 Å². The van der Waals surface area contributed by atoms with E-state index in [1.165, 1.54) is 86.9 Å². The van der Waals surface area contributed by atoms with E-state index in [4.69, 9.17) is 13.3 Å². The molecule has 0 spiro atoms. The Bertz CT molecular complexity index is 5200. The van der Waals surface area contributed by atoms with Crippen LogP contribution in [0, 0.1) is 0 Å². The molecule has 0 unspecified atom stereocenters. The van der Waals surface area contributed by atoms with Crippen molar-refractivity contribution in [1.29, 1.82) is 0 Å². The van der Waals surface area contributed by atoms with Crippen molar-refractivity contribution in [2.75, 3.05) is 0 Å². The van der Waals surface area contributed by atoms with E-state index in [0.29, 0.717) is 0 Å². The van der Waals surface area contributed by atoms with Gasteiger partial charge in [-0.15, -0.1) is 0 Å². The molecule has 0 fully saturated rings. The van der Waals surface area contributed by atoms with Crippen LogP contribution in [0.25, 0.3) is 175 Å². The van der Waals surface area contributed by atoms with Crippen LogP contribution in [0.4, 0.5) is 0 Å². The third-order valence-electron chi connectivity index (χ3n) is 16.2. The Balaban J connectivity index is 0.843. The normalized spacial score (nSPS) is 12.3. The summed E-state index contributed by atoms with van der Waals surface area (Å²) in [6.07, 6.45) is 0. The number of benzene rings is 14. The van der Waals surface area contributed by atoms with Gasteiger partial charge in [0, 0.05) is 32.3 Å². The molecule has 0 amide bonds. The fraction of sp³-hybridized carbons (Fsp3) is 0. The minimum atomic E-state index is 0.857. The first-order chi connectivity index (χ1) is 37.2. The minimum absolute atomic E-state index is 0.857. The summed E-state index contributed by atoms with van der Waals surface area (Å²) >= 11 is 0. The lowest BCUT2D eigenvalue weighted by atomic mass is 9.84. The van der Waals surface area contributed by atoms with E-state index in [9.17, 15) is 0 Å². The first-order valence-electron chi connectivity index (χ1n) is 25.7. The summed E-state index contributed by atoms with van der Waals surface area (Å²) in [5, 5.41) is 21.0. The van der Waals surface area contributed by atoms with Crippen molar-refractivity contribution in [2.45, 2.75) is 0 Å². The largest absolute Gasteiger partial charge is 0.456 e. The van der Waals surface area contributed by atoms with E-state index < -0.39 is 0 Å². The molecule has 3 nitrogen and oxygen atoms in total. The maximum atomic E-state index is 6.98.